The molecule has 0 bridgehead atoms. The van der Waals surface area contributed by atoms with Crippen molar-refractivity contribution in [3.8, 4) is 11.5 Å². The zero-order chi connectivity index (χ0) is 16.4. The fourth-order valence-electron chi connectivity index (χ4n) is 3.13. The average molecular weight is 314 g/mol. The molecule has 1 unspecified atom stereocenters. The summed E-state index contributed by atoms with van der Waals surface area (Å²) in [7, 11) is 1.68. The quantitative estimate of drug-likeness (QED) is 0.674. The molecule has 1 aliphatic rings. The largest absolute Gasteiger partial charge is 0.497 e. The highest BCUT2D eigenvalue weighted by Gasteiger charge is 2.36. The molecule has 0 spiro atoms. The summed E-state index contributed by atoms with van der Waals surface area (Å²) in [6.45, 7) is 0. The first-order valence-corrected chi connectivity index (χ1v) is 7.99. The van der Waals surface area contributed by atoms with Crippen molar-refractivity contribution < 1.29 is 9.47 Å². The monoisotopic (exact) mass is 314 g/mol. The van der Waals surface area contributed by atoms with Crippen LogP contribution in [0.4, 0.5) is 0 Å². The van der Waals surface area contributed by atoms with Crippen LogP contribution in [0, 0.1) is 0 Å². The van der Waals surface area contributed by atoms with Gasteiger partial charge in [0.1, 0.15) is 11.5 Å². The topological polar surface area (TPSA) is 18.5 Å². The zero-order valence-electron chi connectivity index (χ0n) is 13.5. The summed E-state index contributed by atoms with van der Waals surface area (Å²) < 4.78 is 11.8. The Labute approximate surface area is 142 Å². The summed E-state index contributed by atoms with van der Waals surface area (Å²) in [6, 6.07) is 26.5. The van der Waals surface area contributed by atoms with Gasteiger partial charge in [-0.15, -0.1) is 0 Å². The molecule has 0 aliphatic carbocycles. The molecule has 1 atom stereocenters. The summed E-state index contributed by atoms with van der Waals surface area (Å²) in [5, 5.41) is 0. The van der Waals surface area contributed by atoms with E-state index < -0.39 is 5.60 Å². The molecule has 2 heteroatoms. The second-order valence-electron chi connectivity index (χ2n) is 5.80. The Morgan fingerprint density at radius 3 is 2.17 bits per heavy atom. The first-order chi connectivity index (χ1) is 11.8. The van der Waals surface area contributed by atoms with Crippen molar-refractivity contribution in [2.24, 2.45) is 0 Å². The number of hydrogen-bond acceptors (Lipinski definition) is 2. The van der Waals surface area contributed by atoms with Gasteiger partial charge >= 0.3 is 0 Å². The van der Waals surface area contributed by atoms with Crippen LogP contribution >= 0.6 is 0 Å². The molecule has 0 N–H and O–H groups in total. The van der Waals surface area contributed by atoms with Crippen LogP contribution in [0.2, 0.25) is 0 Å². The van der Waals surface area contributed by atoms with Gasteiger partial charge in [-0.25, -0.2) is 0 Å². The molecule has 118 valence electrons. The highest BCUT2D eigenvalue weighted by atomic mass is 16.5. The Hall–Kier alpha value is -3.00. The molecule has 1 aliphatic heterocycles. The molecule has 24 heavy (non-hydrogen) atoms. The van der Waals surface area contributed by atoms with E-state index in [1.165, 1.54) is 0 Å². The molecule has 0 saturated heterocycles. The fourth-order valence-corrected chi connectivity index (χ4v) is 3.13. The first kappa shape index (κ1) is 14.6. The molecular weight excluding hydrogens is 296 g/mol. The SMILES string of the molecule is COc1ccc(C2(c3ccccc3)C=Cc3ccccc3O2)cc1. The molecule has 0 fully saturated rings. The Kier molecular flexibility index (Phi) is 3.58. The van der Waals surface area contributed by atoms with Gasteiger partial charge < -0.3 is 9.47 Å². The van der Waals surface area contributed by atoms with Crippen LogP contribution in [0.3, 0.4) is 0 Å². The molecular formula is C22H18O2. The van der Waals surface area contributed by atoms with E-state index in [4.69, 9.17) is 9.47 Å². The van der Waals surface area contributed by atoms with Crippen molar-refractivity contribution in [3.05, 3.63) is 102 Å². The van der Waals surface area contributed by atoms with Crippen molar-refractivity contribution in [3.63, 3.8) is 0 Å². The number of benzene rings is 3. The van der Waals surface area contributed by atoms with Gasteiger partial charge in [-0.1, -0.05) is 66.7 Å². The summed E-state index contributed by atoms with van der Waals surface area (Å²) in [4.78, 5) is 0. The van der Waals surface area contributed by atoms with Crippen LogP contribution in [0.5, 0.6) is 11.5 Å². The van der Waals surface area contributed by atoms with Crippen molar-refractivity contribution in [2.45, 2.75) is 5.60 Å². The van der Waals surface area contributed by atoms with E-state index in [9.17, 15) is 0 Å². The van der Waals surface area contributed by atoms with E-state index in [2.05, 4.69) is 42.5 Å². The van der Waals surface area contributed by atoms with E-state index >= 15 is 0 Å². The maximum absolute atomic E-state index is 6.54. The molecule has 3 aromatic rings. The van der Waals surface area contributed by atoms with Gasteiger partial charge in [-0.3, -0.25) is 0 Å². The van der Waals surface area contributed by atoms with Gasteiger partial charge in [0, 0.05) is 16.7 Å². The van der Waals surface area contributed by atoms with Crippen LogP contribution in [-0.2, 0) is 5.60 Å². The first-order valence-electron chi connectivity index (χ1n) is 7.99. The maximum atomic E-state index is 6.54. The highest BCUT2D eigenvalue weighted by molar-refractivity contribution is 5.64. The number of hydrogen-bond donors (Lipinski definition) is 0. The molecule has 2 nitrogen and oxygen atoms in total. The Morgan fingerprint density at radius 2 is 1.42 bits per heavy atom. The lowest BCUT2D eigenvalue weighted by atomic mass is 9.83. The number of methoxy groups -OCH3 is 1. The lowest BCUT2D eigenvalue weighted by Gasteiger charge is -2.36. The van der Waals surface area contributed by atoms with Gasteiger partial charge in [-0.05, 0) is 24.3 Å². The number of para-hydroxylation sites is 1. The lowest BCUT2D eigenvalue weighted by Crippen LogP contribution is -2.34. The fraction of sp³-hybridized carbons (Fsp3) is 0.0909. The van der Waals surface area contributed by atoms with Crippen LogP contribution < -0.4 is 9.47 Å². The van der Waals surface area contributed by atoms with Crippen molar-refractivity contribution in [2.75, 3.05) is 7.11 Å². The van der Waals surface area contributed by atoms with E-state index in [1.807, 2.05) is 48.5 Å². The van der Waals surface area contributed by atoms with Crippen molar-refractivity contribution in [1.29, 1.82) is 0 Å². The van der Waals surface area contributed by atoms with E-state index in [0.717, 1.165) is 28.2 Å². The van der Waals surface area contributed by atoms with Gasteiger partial charge in [0.25, 0.3) is 0 Å². The second kappa shape index (κ2) is 5.89. The third-order valence-corrected chi connectivity index (χ3v) is 4.41. The number of fused-ring (bicyclic) bond motifs is 1. The summed E-state index contributed by atoms with van der Waals surface area (Å²) in [5.74, 6) is 1.72. The Balaban J connectivity index is 1.89. The normalized spacial score (nSPS) is 18.5. The van der Waals surface area contributed by atoms with E-state index in [1.54, 1.807) is 7.11 Å². The molecule has 1 heterocycles. The predicted octanol–water partition coefficient (Wildman–Crippen LogP) is 5.04. The van der Waals surface area contributed by atoms with Crippen LogP contribution in [0.15, 0.2) is 84.9 Å². The van der Waals surface area contributed by atoms with Crippen molar-refractivity contribution in [1.82, 2.24) is 0 Å². The van der Waals surface area contributed by atoms with Gasteiger partial charge in [-0.2, -0.15) is 0 Å². The second-order valence-corrected chi connectivity index (χ2v) is 5.80. The Morgan fingerprint density at radius 1 is 0.750 bits per heavy atom. The Bertz CT molecular complexity index is 866. The standard InChI is InChI=1S/C22H18O2/c1-23-20-13-11-19(12-14-20)22(18-8-3-2-4-9-18)16-15-17-7-5-6-10-21(17)24-22/h2-16H,1H3. The average Bonchev–Trinajstić information content (AvgIpc) is 2.68. The van der Waals surface area contributed by atoms with E-state index in [0.29, 0.717) is 0 Å². The highest BCUT2D eigenvalue weighted by Crippen LogP contribution is 2.42. The molecule has 0 radical (unpaired) electrons. The molecule has 3 aromatic carbocycles. The minimum Gasteiger partial charge on any atom is -0.497 e. The van der Waals surface area contributed by atoms with E-state index in [-0.39, 0.29) is 0 Å². The summed E-state index contributed by atoms with van der Waals surface area (Å²) in [5.41, 5.74) is 2.63. The zero-order valence-corrected chi connectivity index (χ0v) is 13.5. The minimum absolute atomic E-state index is 0.637. The van der Waals surface area contributed by atoms with Gasteiger partial charge in [0.2, 0.25) is 0 Å². The third-order valence-electron chi connectivity index (χ3n) is 4.41. The predicted molar refractivity (Wildman–Crippen MR) is 96.3 cm³/mol. The minimum atomic E-state index is -0.637. The van der Waals surface area contributed by atoms with Gasteiger partial charge in [0.05, 0.1) is 7.11 Å². The molecule has 4 rings (SSSR count). The molecule has 0 amide bonds. The molecule has 0 saturated carbocycles. The van der Waals surface area contributed by atoms with Crippen molar-refractivity contribution >= 4 is 6.08 Å². The lowest BCUT2D eigenvalue weighted by molar-refractivity contribution is 0.161. The number of rotatable bonds is 3. The smallest absolute Gasteiger partial charge is 0.178 e. The summed E-state index contributed by atoms with van der Waals surface area (Å²) >= 11 is 0. The molecule has 0 aromatic heterocycles. The van der Waals surface area contributed by atoms with Gasteiger partial charge in [0.15, 0.2) is 5.60 Å². The maximum Gasteiger partial charge on any atom is 0.178 e. The number of ether oxygens (including phenoxy) is 2. The van der Waals surface area contributed by atoms with Crippen LogP contribution in [0.25, 0.3) is 6.08 Å². The van der Waals surface area contributed by atoms with Crippen LogP contribution in [0.1, 0.15) is 16.7 Å². The third kappa shape index (κ3) is 2.37. The summed E-state index contributed by atoms with van der Waals surface area (Å²) in [6.07, 6.45) is 4.27. The van der Waals surface area contributed by atoms with Crippen LogP contribution in [-0.4, -0.2) is 7.11 Å².